The predicted octanol–water partition coefficient (Wildman–Crippen LogP) is -0.464. The molecule has 92 valence electrons. The molecule has 17 heavy (non-hydrogen) atoms. The molecule has 0 unspecified atom stereocenters. The Labute approximate surface area is 98.1 Å². The van der Waals surface area contributed by atoms with Gasteiger partial charge < -0.3 is 25.2 Å². The van der Waals surface area contributed by atoms with Crippen LogP contribution in [0.4, 0.5) is 11.6 Å². The molecule has 0 amide bonds. The highest BCUT2D eigenvalue weighted by atomic mass is 16.3. The fourth-order valence-corrected chi connectivity index (χ4v) is 1.49. The average Bonchev–Trinajstić information content (AvgIpc) is 2.83. The zero-order valence-corrected chi connectivity index (χ0v) is 9.46. The van der Waals surface area contributed by atoms with Gasteiger partial charge in [-0.3, -0.25) is 0 Å². The molecule has 0 spiro atoms. The van der Waals surface area contributed by atoms with E-state index in [0.717, 1.165) is 0 Å². The molecule has 0 radical (unpaired) electrons. The number of fused-ring (bicyclic) bond motifs is 1. The van der Waals surface area contributed by atoms with Crippen LogP contribution in [0.25, 0.3) is 5.65 Å². The summed E-state index contributed by atoms with van der Waals surface area (Å²) in [4.78, 5) is 8.46. The summed E-state index contributed by atoms with van der Waals surface area (Å²) in [5, 5.41) is 24.0. The molecule has 0 fully saturated rings. The van der Waals surface area contributed by atoms with Crippen molar-refractivity contribution in [2.24, 2.45) is 0 Å². The van der Waals surface area contributed by atoms with Crippen LogP contribution in [0.5, 0.6) is 0 Å². The minimum atomic E-state index is -0.449. The van der Waals surface area contributed by atoms with Gasteiger partial charge in [-0.05, 0) is 0 Å². The van der Waals surface area contributed by atoms with Crippen LogP contribution in [0.3, 0.4) is 0 Å². The first-order valence-electron chi connectivity index (χ1n) is 5.28. The van der Waals surface area contributed by atoms with Crippen molar-refractivity contribution in [2.75, 3.05) is 30.9 Å². The van der Waals surface area contributed by atoms with E-state index in [1.54, 1.807) is 25.6 Å². The summed E-state index contributed by atoms with van der Waals surface area (Å²) in [5.41, 5.74) is 0.649. The predicted molar refractivity (Wildman–Crippen MR) is 64.1 cm³/mol. The molecule has 0 aromatic carbocycles. The zero-order chi connectivity index (χ0) is 12.3. The standard InChI is InChI=1S/C10H15N5O2/c1-11-8-4-15-3-2-12-10(15)9(14-8)13-7(5-16)6-17/h2-4,7,11,16-17H,5-6H2,1H3,(H,13,14). The number of anilines is 2. The Morgan fingerprint density at radius 1 is 1.41 bits per heavy atom. The SMILES string of the molecule is CNc1cn2ccnc2c(NC(CO)CO)n1. The van der Waals surface area contributed by atoms with Crippen LogP contribution < -0.4 is 10.6 Å². The molecule has 0 aliphatic carbocycles. The van der Waals surface area contributed by atoms with E-state index in [4.69, 9.17) is 10.2 Å². The second-order valence-corrected chi connectivity index (χ2v) is 3.59. The van der Waals surface area contributed by atoms with Crippen molar-refractivity contribution >= 4 is 17.3 Å². The summed E-state index contributed by atoms with van der Waals surface area (Å²) in [6.07, 6.45) is 5.27. The smallest absolute Gasteiger partial charge is 0.180 e. The number of aliphatic hydroxyl groups is 2. The highest BCUT2D eigenvalue weighted by Crippen LogP contribution is 2.16. The Bertz CT molecular complexity index is 494. The van der Waals surface area contributed by atoms with Crippen molar-refractivity contribution in [2.45, 2.75) is 6.04 Å². The van der Waals surface area contributed by atoms with Gasteiger partial charge in [-0.15, -0.1) is 0 Å². The lowest BCUT2D eigenvalue weighted by Gasteiger charge is -2.15. The van der Waals surface area contributed by atoms with Crippen molar-refractivity contribution in [3.63, 3.8) is 0 Å². The summed E-state index contributed by atoms with van der Waals surface area (Å²) >= 11 is 0. The normalized spacial score (nSPS) is 11.1. The summed E-state index contributed by atoms with van der Waals surface area (Å²) in [6.45, 7) is -0.344. The van der Waals surface area contributed by atoms with E-state index in [9.17, 15) is 0 Å². The highest BCUT2D eigenvalue weighted by Gasteiger charge is 2.11. The van der Waals surface area contributed by atoms with Gasteiger partial charge in [0.2, 0.25) is 0 Å². The van der Waals surface area contributed by atoms with Crippen molar-refractivity contribution in [1.29, 1.82) is 0 Å². The molecule has 2 aromatic rings. The molecule has 2 aromatic heterocycles. The van der Waals surface area contributed by atoms with E-state index >= 15 is 0 Å². The number of nitrogens with zero attached hydrogens (tertiary/aromatic N) is 3. The van der Waals surface area contributed by atoms with Gasteiger partial charge in [-0.1, -0.05) is 0 Å². The third-order valence-electron chi connectivity index (χ3n) is 2.41. The van der Waals surface area contributed by atoms with Crippen LogP contribution in [0.1, 0.15) is 0 Å². The van der Waals surface area contributed by atoms with Gasteiger partial charge in [-0.25, -0.2) is 9.97 Å². The molecular weight excluding hydrogens is 222 g/mol. The molecule has 0 aliphatic rings. The van der Waals surface area contributed by atoms with Crippen LogP contribution in [0, 0.1) is 0 Å². The lowest BCUT2D eigenvalue weighted by atomic mass is 10.3. The topological polar surface area (TPSA) is 94.7 Å². The minimum absolute atomic E-state index is 0.172. The number of hydrogen-bond donors (Lipinski definition) is 4. The monoisotopic (exact) mass is 237 g/mol. The maximum absolute atomic E-state index is 9.04. The third-order valence-corrected chi connectivity index (χ3v) is 2.41. The minimum Gasteiger partial charge on any atom is -0.394 e. The number of aromatic nitrogens is 3. The molecule has 0 bridgehead atoms. The lowest BCUT2D eigenvalue weighted by Crippen LogP contribution is -2.28. The molecule has 7 nitrogen and oxygen atoms in total. The first-order valence-corrected chi connectivity index (χ1v) is 5.28. The fourth-order valence-electron chi connectivity index (χ4n) is 1.49. The number of imidazole rings is 1. The Balaban J connectivity index is 2.39. The van der Waals surface area contributed by atoms with Crippen molar-refractivity contribution in [1.82, 2.24) is 14.4 Å². The molecule has 4 N–H and O–H groups in total. The van der Waals surface area contributed by atoms with Crippen LogP contribution in [-0.2, 0) is 0 Å². The van der Waals surface area contributed by atoms with E-state index < -0.39 is 6.04 Å². The Kier molecular flexibility index (Phi) is 3.40. The first kappa shape index (κ1) is 11.6. The summed E-state index contributed by atoms with van der Waals surface area (Å²) in [7, 11) is 1.77. The number of hydrogen-bond acceptors (Lipinski definition) is 6. The van der Waals surface area contributed by atoms with E-state index in [2.05, 4.69) is 20.6 Å². The Morgan fingerprint density at radius 2 is 2.18 bits per heavy atom. The molecule has 0 saturated carbocycles. The third kappa shape index (κ3) is 2.29. The van der Waals surface area contributed by atoms with Gasteiger partial charge in [0.15, 0.2) is 11.5 Å². The van der Waals surface area contributed by atoms with Gasteiger partial charge in [0.05, 0.1) is 25.5 Å². The quantitative estimate of drug-likeness (QED) is 0.562. The maximum Gasteiger partial charge on any atom is 0.180 e. The molecule has 0 atom stereocenters. The second kappa shape index (κ2) is 4.98. The summed E-state index contributed by atoms with van der Waals surface area (Å²) in [5.74, 6) is 1.20. The van der Waals surface area contributed by atoms with Crippen LogP contribution >= 0.6 is 0 Å². The van der Waals surface area contributed by atoms with Crippen LogP contribution in [0.2, 0.25) is 0 Å². The Morgan fingerprint density at radius 3 is 2.82 bits per heavy atom. The fraction of sp³-hybridized carbons (Fsp3) is 0.400. The largest absolute Gasteiger partial charge is 0.394 e. The number of nitrogens with one attached hydrogen (secondary N) is 2. The van der Waals surface area contributed by atoms with E-state index in [0.29, 0.717) is 17.3 Å². The molecule has 2 rings (SSSR count). The van der Waals surface area contributed by atoms with E-state index in [-0.39, 0.29) is 13.2 Å². The Hall–Kier alpha value is -1.86. The second-order valence-electron chi connectivity index (χ2n) is 3.59. The maximum atomic E-state index is 9.04. The molecule has 2 heterocycles. The zero-order valence-electron chi connectivity index (χ0n) is 9.46. The van der Waals surface area contributed by atoms with Gasteiger partial charge in [0.1, 0.15) is 5.82 Å². The van der Waals surface area contributed by atoms with Crippen molar-refractivity contribution in [3.8, 4) is 0 Å². The van der Waals surface area contributed by atoms with Gasteiger partial charge in [0.25, 0.3) is 0 Å². The molecule has 7 heteroatoms. The highest BCUT2D eigenvalue weighted by molar-refractivity contribution is 5.65. The number of rotatable bonds is 5. The van der Waals surface area contributed by atoms with E-state index in [1.165, 1.54) is 0 Å². The van der Waals surface area contributed by atoms with Gasteiger partial charge in [0, 0.05) is 19.4 Å². The van der Waals surface area contributed by atoms with Crippen LogP contribution in [-0.4, -0.2) is 50.9 Å². The molecule has 0 saturated heterocycles. The van der Waals surface area contributed by atoms with Crippen LogP contribution in [0.15, 0.2) is 18.6 Å². The first-order chi connectivity index (χ1) is 8.28. The van der Waals surface area contributed by atoms with Gasteiger partial charge in [-0.2, -0.15) is 0 Å². The van der Waals surface area contributed by atoms with E-state index in [1.807, 2.05) is 4.40 Å². The van der Waals surface area contributed by atoms with Crippen molar-refractivity contribution < 1.29 is 10.2 Å². The van der Waals surface area contributed by atoms with Crippen molar-refractivity contribution in [3.05, 3.63) is 18.6 Å². The number of aliphatic hydroxyl groups excluding tert-OH is 2. The molecular formula is C10H15N5O2. The molecule has 0 aliphatic heterocycles. The van der Waals surface area contributed by atoms with Gasteiger partial charge >= 0.3 is 0 Å². The summed E-state index contributed by atoms with van der Waals surface area (Å²) in [6, 6.07) is -0.449. The lowest BCUT2D eigenvalue weighted by molar-refractivity contribution is 0.203. The average molecular weight is 237 g/mol. The summed E-state index contributed by atoms with van der Waals surface area (Å²) < 4.78 is 1.81.